The summed E-state index contributed by atoms with van der Waals surface area (Å²) in [4.78, 5) is 141. The fourth-order valence-electron chi connectivity index (χ4n) is 10.7. The van der Waals surface area contributed by atoms with E-state index >= 15 is 0 Å². The normalized spacial score (nSPS) is 20.6. The molecule has 4 aliphatic rings. The third kappa shape index (κ3) is 17.0. The molecular formula is C70H86N10O18Si2. The first-order valence-corrected chi connectivity index (χ1v) is 38.5. The van der Waals surface area contributed by atoms with Crippen LogP contribution in [0.1, 0.15) is 116 Å². The maximum absolute atomic E-state index is 13.3. The van der Waals surface area contributed by atoms with Gasteiger partial charge in [-0.1, -0.05) is 102 Å². The molecule has 100 heavy (non-hydrogen) atoms. The quantitative estimate of drug-likeness (QED) is 0.0314. The Labute approximate surface area is 580 Å². The first-order chi connectivity index (χ1) is 47.2. The number of nitrogens with one attached hydrogen (secondary N) is 2. The van der Waals surface area contributed by atoms with E-state index in [9.17, 15) is 58.2 Å². The largest absolute Gasteiger partial charge is 0.408 e. The SMILES string of the molecule is CN(CCOC[C@H]1O[C@@H](n2ccc(NC(=O)c3ccccc3)nc2=O)C(O)[C@H]1O[Si](C)(C)C(C)(C)C)C(=O)CN1C(=O)c2ccccc2C1=O.CN(CCOC[C@H]1O[C@@H](n2ccc(NC(=O)c3ccccc3)nc2=O)C(O[Si](C)(C)C(C)(C)C)[C@H]1O)C(=O)CN1C(=O)c2ccccc2C1=O. The second-order valence-corrected chi connectivity index (χ2v) is 37.2. The number of fused-ring (bicyclic) bond motifs is 2. The van der Waals surface area contributed by atoms with Gasteiger partial charge in [0.25, 0.3) is 35.4 Å². The molecular weight excluding hydrogens is 1320 g/mol. The van der Waals surface area contributed by atoms with E-state index in [1.165, 1.54) is 45.9 Å². The smallest absolute Gasteiger partial charge is 0.351 e. The Bertz CT molecular complexity index is 4070. The van der Waals surface area contributed by atoms with Crippen molar-refractivity contribution in [3.05, 3.63) is 188 Å². The van der Waals surface area contributed by atoms with Crippen molar-refractivity contribution >= 4 is 75.5 Å². The summed E-state index contributed by atoms with van der Waals surface area (Å²) in [6.45, 7) is 20.0. The van der Waals surface area contributed by atoms with E-state index in [0.717, 1.165) is 14.4 Å². The van der Waals surface area contributed by atoms with Crippen molar-refractivity contribution < 1.29 is 76.4 Å². The molecule has 4 aromatic carbocycles. The van der Waals surface area contributed by atoms with Gasteiger partial charge in [-0.2, -0.15) is 9.97 Å². The Morgan fingerprint density at radius 1 is 0.500 bits per heavy atom. The van der Waals surface area contributed by atoms with Crippen LogP contribution < -0.4 is 22.0 Å². The number of rotatable bonds is 24. The van der Waals surface area contributed by atoms with Crippen molar-refractivity contribution in [3.63, 3.8) is 0 Å². The molecule has 0 saturated carbocycles. The van der Waals surface area contributed by atoms with Gasteiger partial charge >= 0.3 is 11.4 Å². The molecule has 0 spiro atoms. The highest BCUT2D eigenvalue weighted by atomic mass is 28.4. The molecule has 2 saturated heterocycles. The molecule has 10 rings (SSSR count). The van der Waals surface area contributed by atoms with Gasteiger partial charge in [0.15, 0.2) is 29.1 Å². The number of nitrogens with zero attached hydrogens (tertiary/aromatic N) is 8. The fourth-order valence-corrected chi connectivity index (χ4v) is 13.3. The van der Waals surface area contributed by atoms with Crippen LogP contribution in [0.3, 0.4) is 0 Å². The lowest BCUT2D eigenvalue weighted by Gasteiger charge is -2.40. The molecule has 2 fully saturated rings. The Morgan fingerprint density at radius 3 is 1.23 bits per heavy atom. The number of carbonyl (C=O) groups excluding carboxylic acids is 8. The Morgan fingerprint density at radius 2 is 0.850 bits per heavy atom. The van der Waals surface area contributed by atoms with E-state index in [1.54, 1.807) is 116 Å². The van der Waals surface area contributed by atoms with Crippen LogP contribution in [0.2, 0.25) is 36.3 Å². The minimum absolute atomic E-state index is 0.0271. The molecule has 0 bridgehead atoms. The Hall–Kier alpha value is -9.09. The van der Waals surface area contributed by atoms with E-state index in [4.69, 9.17) is 27.8 Å². The number of benzene rings is 4. The van der Waals surface area contributed by atoms with Crippen molar-refractivity contribution in [2.75, 3.05) is 77.3 Å². The summed E-state index contributed by atoms with van der Waals surface area (Å²) >= 11 is 0. The Balaban J connectivity index is 0.000000233. The average molecular weight is 1410 g/mol. The third-order valence-corrected chi connectivity index (χ3v) is 27.7. The second kappa shape index (κ2) is 31.2. The number of imide groups is 2. The summed E-state index contributed by atoms with van der Waals surface area (Å²) in [6, 6.07) is 32.8. The van der Waals surface area contributed by atoms with E-state index < -0.39 is 137 Å². The zero-order valence-electron chi connectivity index (χ0n) is 58.0. The van der Waals surface area contributed by atoms with Gasteiger partial charge < -0.3 is 58.4 Å². The van der Waals surface area contributed by atoms with Gasteiger partial charge in [0.2, 0.25) is 11.8 Å². The first-order valence-electron chi connectivity index (χ1n) is 32.7. The predicted molar refractivity (Wildman–Crippen MR) is 370 cm³/mol. The van der Waals surface area contributed by atoms with E-state index in [-0.39, 0.29) is 83.5 Å². The zero-order valence-corrected chi connectivity index (χ0v) is 60.0. The lowest BCUT2D eigenvalue weighted by molar-refractivity contribution is -0.131. The molecule has 2 unspecified atom stereocenters. The van der Waals surface area contributed by atoms with E-state index in [0.29, 0.717) is 11.1 Å². The van der Waals surface area contributed by atoms with Gasteiger partial charge in [-0.05, 0) is 96.9 Å². The number of carbonyl (C=O) groups is 8. The predicted octanol–water partition coefficient (Wildman–Crippen LogP) is 5.83. The number of hydrogen-bond donors (Lipinski definition) is 4. The third-order valence-electron chi connectivity index (χ3n) is 18.8. The van der Waals surface area contributed by atoms with E-state index in [2.05, 4.69) is 62.1 Å². The standard InChI is InChI=1S/2C35H43N5O9Si/c1-35(2,3)50(5,6)49-29-25(21-47-19-18-38(4)27(41)20-40-31(44)23-14-10-11-15-24(23)32(40)45)48-33(28(29)42)39-17-16-26(37-34(39)46)36-30(43)22-12-8-7-9-13-22;1-35(2,3)50(5,6)49-29-28(42)25(48-33(29)39-17-16-26(37-34(39)46)36-30(43)22-12-8-7-9-13-22)21-47-19-18-38(4)27(41)20-40-31(44)23-14-10-11-15-24(23)32(40)45/h2*7-17,25,28-29,33,42H,18-21H2,1-6H3,(H,36,37,43,46)/t25-,28?,29+,33-;25-,28+,29?,33-/m11/s1. The number of aliphatic hydroxyl groups excluding tert-OH is 2. The highest BCUT2D eigenvalue weighted by molar-refractivity contribution is 6.74. The number of likely N-dealkylation sites (N-methyl/N-ethyl adjacent to an activating group) is 2. The van der Waals surface area contributed by atoms with Gasteiger partial charge in [0, 0.05) is 50.7 Å². The maximum atomic E-state index is 13.3. The molecule has 6 heterocycles. The number of aliphatic hydroxyl groups is 2. The van der Waals surface area contributed by atoms with E-state index in [1.807, 2.05) is 26.2 Å². The molecule has 532 valence electrons. The van der Waals surface area contributed by atoms with Gasteiger partial charge in [0.1, 0.15) is 61.3 Å². The molecule has 8 atom stereocenters. The number of hydrogen-bond acceptors (Lipinski definition) is 20. The van der Waals surface area contributed by atoms with Crippen LogP contribution in [0.15, 0.2) is 143 Å². The molecule has 6 aromatic rings. The van der Waals surface area contributed by atoms with Gasteiger partial charge in [-0.3, -0.25) is 57.3 Å². The lowest BCUT2D eigenvalue weighted by Crippen LogP contribution is -2.50. The molecule has 0 aliphatic carbocycles. The summed E-state index contributed by atoms with van der Waals surface area (Å²) in [7, 11) is -1.85. The van der Waals surface area contributed by atoms with Crippen LogP contribution in [0.4, 0.5) is 11.6 Å². The minimum Gasteiger partial charge on any atom is -0.408 e. The number of amides is 8. The molecule has 4 N–H and O–H groups in total. The minimum atomic E-state index is -2.49. The van der Waals surface area contributed by atoms with Crippen LogP contribution in [-0.4, -0.2) is 216 Å². The fraction of sp³-hybridized carbons (Fsp3) is 0.429. The van der Waals surface area contributed by atoms with Gasteiger partial charge in [-0.15, -0.1) is 0 Å². The van der Waals surface area contributed by atoms with Crippen molar-refractivity contribution in [1.29, 1.82) is 0 Å². The molecule has 4 aliphatic heterocycles. The van der Waals surface area contributed by atoms with Crippen LogP contribution >= 0.6 is 0 Å². The average Bonchev–Trinajstić information content (AvgIpc) is 1.60. The highest BCUT2D eigenvalue weighted by Crippen LogP contribution is 2.43. The summed E-state index contributed by atoms with van der Waals surface area (Å²) in [5, 5.41) is 27.8. The monoisotopic (exact) mass is 1410 g/mol. The molecule has 2 aromatic heterocycles. The molecule has 0 radical (unpaired) electrons. The van der Waals surface area contributed by atoms with Crippen molar-refractivity contribution in [1.82, 2.24) is 38.7 Å². The van der Waals surface area contributed by atoms with Gasteiger partial charge in [0.05, 0.1) is 48.7 Å². The van der Waals surface area contributed by atoms with Crippen molar-refractivity contribution in [3.8, 4) is 0 Å². The second-order valence-electron chi connectivity index (χ2n) is 27.7. The molecule has 28 nitrogen and oxygen atoms in total. The van der Waals surface area contributed by atoms with Crippen LogP contribution in [-0.2, 0) is 37.4 Å². The molecule has 30 heteroatoms. The number of ether oxygens (including phenoxy) is 4. The summed E-state index contributed by atoms with van der Waals surface area (Å²) in [6.07, 6.45) is -5.25. The van der Waals surface area contributed by atoms with Crippen LogP contribution in [0.25, 0.3) is 0 Å². The lowest BCUT2D eigenvalue weighted by atomic mass is 10.1. The van der Waals surface area contributed by atoms with Crippen LogP contribution in [0, 0.1) is 0 Å². The van der Waals surface area contributed by atoms with Crippen LogP contribution in [0.5, 0.6) is 0 Å². The van der Waals surface area contributed by atoms with Gasteiger partial charge in [-0.25, -0.2) is 9.59 Å². The summed E-state index contributed by atoms with van der Waals surface area (Å²) in [5.74, 6) is -3.68. The van der Waals surface area contributed by atoms with Crippen molar-refractivity contribution in [2.24, 2.45) is 0 Å². The molecule has 8 amide bonds. The highest BCUT2D eigenvalue weighted by Gasteiger charge is 2.53. The van der Waals surface area contributed by atoms with Crippen molar-refractivity contribution in [2.45, 2.75) is 127 Å². The number of anilines is 2. The topological polar surface area (TPSA) is 339 Å². The maximum Gasteiger partial charge on any atom is 0.351 e. The number of aromatic nitrogens is 4. The zero-order chi connectivity index (χ0) is 72.8. The summed E-state index contributed by atoms with van der Waals surface area (Å²) < 4.78 is 39.7. The Kier molecular flexibility index (Phi) is 23.4. The first kappa shape index (κ1) is 75.1. The summed E-state index contributed by atoms with van der Waals surface area (Å²) in [5.41, 5.74) is 0.430.